The number of halogens is 2. The lowest BCUT2D eigenvalue weighted by molar-refractivity contribution is 0.486. The van der Waals surface area contributed by atoms with Crippen molar-refractivity contribution in [2.45, 2.75) is 4.90 Å². The molecule has 0 saturated carbocycles. The fourth-order valence-electron chi connectivity index (χ4n) is 1.78. The zero-order chi connectivity index (χ0) is 16.4. The summed E-state index contributed by atoms with van der Waals surface area (Å²) in [5.41, 5.74) is 1.48. The van der Waals surface area contributed by atoms with Gasteiger partial charge in [0.2, 0.25) is 0 Å². The van der Waals surface area contributed by atoms with Crippen molar-refractivity contribution < 1.29 is 17.0 Å². The molecule has 0 N–H and O–H groups in total. The summed E-state index contributed by atoms with van der Waals surface area (Å²) in [6, 6.07) is 9.39. The standard InChI is InChI=1S/C14H8ClFN2O3S2/c15-12-7-11(5-6-13(12)16)23(19,20)21-10-3-1-9(2-4-10)14-8-22-18-17-14/h1-8H. The highest BCUT2D eigenvalue weighted by molar-refractivity contribution is 7.87. The summed E-state index contributed by atoms with van der Waals surface area (Å²) in [6.45, 7) is 0. The average Bonchev–Trinajstić information content (AvgIpc) is 3.04. The Morgan fingerprint density at radius 3 is 2.48 bits per heavy atom. The average molecular weight is 371 g/mol. The largest absolute Gasteiger partial charge is 0.379 e. The first-order valence-corrected chi connectivity index (χ1v) is 8.85. The Bertz CT molecular complexity index is 929. The lowest BCUT2D eigenvalue weighted by atomic mass is 10.2. The zero-order valence-corrected chi connectivity index (χ0v) is 13.7. The highest BCUT2D eigenvalue weighted by Gasteiger charge is 2.18. The van der Waals surface area contributed by atoms with Crippen LogP contribution < -0.4 is 4.18 Å². The van der Waals surface area contributed by atoms with Gasteiger partial charge >= 0.3 is 10.1 Å². The van der Waals surface area contributed by atoms with Crippen molar-refractivity contribution in [2.24, 2.45) is 0 Å². The van der Waals surface area contributed by atoms with Gasteiger partial charge in [-0.15, -0.1) is 5.10 Å². The van der Waals surface area contributed by atoms with Gasteiger partial charge in [-0.05, 0) is 54.0 Å². The predicted octanol–water partition coefficient (Wildman–Crippen LogP) is 3.77. The van der Waals surface area contributed by atoms with Gasteiger partial charge in [-0.3, -0.25) is 0 Å². The number of hydrogen-bond donors (Lipinski definition) is 0. The van der Waals surface area contributed by atoms with Gasteiger partial charge in [0.1, 0.15) is 22.2 Å². The molecule has 0 aliphatic rings. The Morgan fingerprint density at radius 1 is 1.13 bits per heavy atom. The van der Waals surface area contributed by atoms with Crippen LogP contribution >= 0.6 is 23.1 Å². The molecule has 3 rings (SSSR count). The van der Waals surface area contributed by atoms with Gasteiger partial charge in [-0.25, -0.2) is 4.39 Å². The highest BCUT2D eigenvalue weighted by atomic mass is 35.5. The molecule has 0 amide bonds. The van der Waals surface area contributed by atoms with Crippen molar-refractivity contribution >= 4 is 33.3 Å². The topological polar surface area (TPSA) is 69.2 Å². The van der Waals surface area contributed by atoms with Crippen molar-refractivity contribution in [3.63, 3.8) is 0 Å². The summed E-state index contributed by atoms with van der Waals surface area (Å²) in [6.07, 6.45) is 0. The third-order valence-corrected chi connectivity index (χ3v) is 4.93. The molecule has 23 heavy (non-hydrogen) atoms. The maximum absolute atomic E-state index is 13.1. The maximum atomic E-state index is 13.1. The van der Waals surface area contributed by atoms with Crippen LogP contribution in [-0.2, 0) is 10.1 Å². The van der Waals surface area contributed by atoms with E-state index in [2.05, 4.69) is 9.59 Å². The van der Waals surface area contributed by atoms with Crippen molar-refractivity contribution in [3.05, 3.63) is 58.7 Å². The van der Waals surface area contributed by atoms with E-state index in [1.807, 2.05) is 0 Å². The Morgan fingerprint density at radius 2 is 1.87 bits per heavy atom. The molecule has 5 nitrogen and oxygen atoms in total. The van der Waals surface area contributed by atoms with E-state index in [1.165, 1.54) is 23.7 Å². The second-order valence-corrected chi connectivity index (χ2v) is 6.99. The van der Waals surface area contributed by atoms with Crippen LogP contribution in [0.5, 0.6) is 5.75 Å². The molecule has 9 heteroatoms. The molecule has 2 aromatic carbocycles. The summed E-state index contributed by atoms with van der Waals surface area (Å²) >= 11 is 6.81. The minimum atomic E-state index is -4.10. The van der Waals surface area contributed by atoms with E-state index in [1.54, 1.807) is 17.5 Å². The van der Waals surface area contributed by atoms with Gasteiger partial charge in [-0.2, -0.15) is 8.42 Å². The molecule has 0 saturated heterocycles. The van der Waals surface area contributed by atoms with Gasteiger partial charge in [0.25, 0.3) is 0 Å². The molecular weight excluding hydrogens is 363 g/mol. The highest BCUT2D eigenvalue weighted by Crippen LogP contribution is 2.25. The Balaban J connectivity index is 1.84. The van der Waals surface area contributed by atoms with Crippen LogP contribution in [0.1, 0.15) is 0 Å². The number of hydrogen-bond acceptors (Lipinski definition) is 6. The van der Waals surface area contributed by atoms with Crippen molar-refractivity contribution in [2.75, 3.05) is 0 Å². The first kappa shape index (κ1) is 15.9. The van der Waals surface area contributed by atoms with Gasteiger partial charge in [0, 0.05) is 10.9 Å². The van der Waals surface area contributed by atoms with Crippen LogP contribution in [0.25, 0.3) is 11.3 Å². The van der Waals surface area contributed by atoms with Gasteiger partial charge in [-0.1, -0.05) is 16.1 Å². The Hall–Kier alpha value is -2.03. The third-order valence-electron chi connectivity index (χ3n) is 2.90. The SMILES string of the molecule is O=S(=O)(Oc1ccc(-c2csnn2)cc1)c1ccc(F)c(Cl)c1. The summed E-state index contributed by atoms with van der Waals surface area (Å²) in [5.74, 6) is -0.579. The monoisotopic (exact) mass is 370 g/mol. The number of nitrogens with zero attached hydrogens (tertiary/aromatic N) is 2. The molecular formula is C14H8ClFN2O3S2. The summed E-state index contributed by atoms with van der Waals surface area (Å²) in [4.78, 5) is -0.225. The first-order chi connectivity index (χ1) is 11.0. The molecule has 0 atom stereocenters. The molecule has 1 aromatic heterocycles. The third kappa shape index (κ3) is 3.49. The van der Waals surface area contributed by atoms with Crippen LogP contribution in [0.2, 0.25) is 5.02 Å². The fraction of sp³-hybridized carbons (Fsp3) is 0. The smallest absolute Gasteiger partial charge is 0.339 e. The molecule has 1 heterocycles. The number of rotatable bonds is 4. The molecule has 0 spiro atoms. The van der Waals surface area contributed by atoms with Gasteiger partial charge < -0.3 is 4.18 Å². The quantitative estimate of drug-likeness (QED) is 0.654. The maximum Gasteiger partial charge on any atom is 0.339 e. The van der Waals surface area contributed by atoms with Gasteiger partial charge in [0.05, 0.1) is 5.02 Å². The van der Waals surface area contributed by atoms with Gasteiger partial charge in [0.15, 0.2) is 0 Å². The zero-order valence-electron chi connectivity index (χ0n) is 11.3. The number of aromatic nitrogens is 2. The van der Waals surface area contributed by atoms with E-state index in [4.69, 9.17) is 15.8 Å². The first-order valence-electron chi connectivity index (χ1n) is 6.23. The van der Waals surface area contributed by atoms with Crippen molar-refractivity contribution in [1.82, 2.24) is 9.59 Å². The fourth-order valence-corrected chi connectivity index (χ4v) is 3.45. The molecule has 0 aliphatic heterocycles. The van der Waals surface area contributed by atoms with E-state index in [0.29, 0.717) is 5.69 Å². The van der Waals surface area contributed by atoms with Crippen LogP contribution in [0.15, 0.2) is 52.7 Å². The number of benzene rings is 2. The van der Waals surface area contributed by atoms with E-state index >= 15 is 0 Å². The minimum absolute atomic E-state index is 0.123. The van der Waals surface area contributed by atoms with E-state index < -0.39 is 15.9 Å². The normalized spacial score (nSPS) is 11.4. The van der Waals surface area contributed by atoms with E-state index in [0.717, 1.165) is 23.8 Å². The summed E-state index contributed by atoms with van der Waals surface area (Å²) < 4.78 is 46.2. The molecule has 0 radical (unpaired) electrons. The van der Waals surface area contributed by atoms with E-state index in [9.17, 15) is 12.8 Å². The van der Waals surface area contributed by atoms with Crippen LogP contribution in [0, 0.1) is 5.82 Å². The lowest BCUT2D eigenvalue weighted by Crippen LogP contribution is -2.09. The minimum Gasteiger partial charge on any atom is -0.379 e. The Labute approximate surface area is 140 Å². The van der Waals surface area contributed by atoms with E-state index in [-0.39, 0.29) is 15.7 Å². The lowest BCUT2D eigenvalue weighted by Gasteiger charge is -2.08. The molecule has 0 fully saturated rings. The predicted molar refractivity (Wildman–Crippen MR) is 84.6 cm³/mol. The van der Waals surface area contributed by atoms with Crippen LogP contribution in [0.3, 0.4) is 0 Å². The summed E-state index contributed by atoms with van der Waals surface area (Å²) in [5, 5.41) is 5.40. The Kier molecular flexibility index (Phi) is 4.29. The summed E-state index contributed by atoms with van der Waals surface area (Å²) in [7, 11) is -4.10. The molecule has 0 bridgehead atoms. The molecule has 118 valence electrons. The second-order valence-electron chi connectivity index (χ2n) is 4.43. The van der Waals surface area contributed by atoms with Crippen LogP contribution in [-0.4, -0.2) is 18.0 Å². The van der Waals surface area contributed by atoms with Crippen molar-refractivity contribution in [1.29, 1.82) is 0 Å². The molecule has 3 aromatic rings. The van der Waals surface area contributed by atoms with Crippen molar-refractivity contribution in [3.8, 4) is 17.0 Å². The van der Waals surface area contributed by atoms with Crippen LogP contribution in [0.4, 0.5) is 4.39 Å². The molecule has 0 unspecified atom stereocenters. The molecule has 0 aliphatic carbocycles. The second kappa shape index (κ2) is 6.23.